The van der Waals surface area contributed by atoms with Gasteiger partial charge >= 0.3 is 0 Å². The number of halogens is 2. The molecule has 0 radical (unpaired) electrons. The zero-order valence-corrected chi connectivity index (χ0v) is 11.2. The molecule has 0 fully saturated rings. The highest BCUT2D eigenvalue weighted by Crippen LogP contribution is 2.19. The molecule has 0 aliphatic carbocycles. The number of hydrogen-bond acceptors (Lipinski definition) is 2. The summed E-state index contributed by atoms with van der Waals surface area (Å²) >= 11 is 6.01. The van der Waals surface area contributed by atoms with E-state index in [0.29, 0.717) is 24.0 Å². The molecule has 96 valence electrons. The van der Waals surface area contributed by atoms with Crippen LogP contribution in [0.2, 0.25) is 5.02 Å². The SMILES string of the molecule is CC(C)CN(CCN)Cc1ccc(F)cc1Cl. The highest BCUT2D eigenvalue weighted by molar-refractivity contribution is 6.31. The van der Waals surface area contributed by atoms with Crippen LogP contribution in [-0.4, -0.2) is 24.5 Å². The Kier molecular flexibility index (Phi) is 5.89. The number of hydrogen-bond donors (Lipinski definition) is 1. The maximum Gasteiger partial charge on any atom is 0.124 e. The molecule has 0 spiro atoms. The van der Waals surface area contributed by atoms with Crippen molar-refractivity contribution in [3.8, 4) is 0 Å². The average molecular weight is 259 g/mol. The first kappa shape index (κ1) is 14.4. The summed E-state index contributed by atoms with van der Waals surface area (Å²) in [7, 11) is 0. The lowest BCUT2D eigenvalue weighted by Crippen LogP contribution is -2.32. The molecule has 0 unspecified atom stereocenters. The van der Waals surface area contributed by atoms with Crippen LogP contribution in [-0.2, 0) is 6.54 Å². The van der Waals surface area contributed by atoms with E-state index in [2.05, 4.69) is 18.7 Å². The van der Waals surface area contributed by atoms with Crippen molar-refractivity contribution in [1.29, 1.82) is 0 Å². The van der Waals surface area contributed by atoms with Gasteiger partial charge in [-0.05, 0) is 23.6 Å². The summed E-state index contributed by atoms with van der Waals surface area (Å²) in [6.07, 6.45) is 0. The topological polar surface area (TPSA) is 29.3 Å². The summed E-state index contributed by atoms with van der Waals surface area (Å²) in [5.41, 5.74) is 6.53. The first-order valence-corrected chi connectivity index (χ1v) is 6.27. The maximum absolute atomic E-state index is 12.9. The van der Waals surface area contributed by atoms with E-state index in [1.807, 2.05) is 0 Å². The second-order valence-electron chi connectivity index (χ2n) is 4.65. The first-order valence-electron chi connectivity index (χ1n) is 5.89. The van der Waals surface area contributed by atoms with Crippen LogP contribution in [0.25, 0.3) is 0 Å². The lowest BCUT2D eigenvalue weighted by atomic mass is 10.1. The molecule has 0 aliphatic heterocycles. The van der Waals surface area contributed by atoms with Gasteiger partial charge < -0.3 is 5.73 Å². The molecule has 0 bridgehead atoms. The van der Waals surface area contributed by atoms with Crippen LogP contribution in [0.5, 0.6) is 0 Å². The van der Waals surface area contributed by atoms with Gasteiger partial charge in [-0.25, -0.2) is 4.39 Å². The zero-order valence-electron chi connectivity index (χ0n) is 10.4. The van der Waals surface area contributed by atoms with E-state index in [4.69, 9.17) is 17.3 Å². The number of rotatable bonds is 6. The molecule has 0 heterocycles. The molecule has 2 N–H and O–H groups in total. The molecule has 4 heteroatoms. The summed E-state index contributed by atoms with van der Waals surface area (Å²) in [4.78, 5) is 2.24. The van der Waals surface area contributed by atoms with Gasteiger partial charge in [0.2, 0.25) is 0 Å². The predicted octanol–water partition coefficient (Wildman–Crippen LogP) is 2.90. The van der Waals surface area contributed by atoms with Crippen LogP contribution in [0.4, 0.5) is 4.39 Å². The fourth-order valence-corrected chi connectivity index (χ4v) is 2.05. The molecule has 1 aromatic carbocycles. The van der Waals surface area contributed by atoms with E-state index in [-0.39, 0.29) is 5.82 Å². The molecule has 0 aliphatic rings. The van der Waals surface area contributed by atoms with Crippen molar-refractivity contribution in [2.45, 2.75) is 20.4 Å². The normalized spacial score (nSPS) is 11.5. The minimum Gasteiger partial charge on any atom is -0.329 e. The monoisotopic (exact) mass is 258 g/mol. The van der Waals surface area contributed by atoms with E-state index >= 15 is 0 Å². The van der Waals surface area contributed by atoms with Crippen molar-refractivity contribution in [2.75, 3.05) is 19.6 Å². The van der Waals surface area contributed by atoms with E-state index in [0.717, 1.165) is 18.7 Å². The Balaban J connectivity index is 2.71. The molecule has 0 atom stereocenters. The lowest BCUT2D eigenvalue weighted by molar-refractivity contribution is 0.242. The molecule has 0 saturated heterocycles. The second-order valence-corrected chi connectivity index (χ2v) is 5.06. The van der Waals surface area contributed by atoms with Crippen molar-refractivity contribution in [1.82, 2.24) is 4.90 Å². The highest BCUT2D eigenvalue weighted by Gasteiger charge is 2.10. The Labute approximate surface area is 108 Å². The minimum absolute atomic E-state index is 0.298. The van der Waals surface area contributed by atoms with Crippen molar-refractivity contribution < 1.29 is 4.39 Å². The molecular formula is C13H20ClFN2. The number of nitrogens with two attached hydrogens (primary N) is 1. The molecule has 0 amide bonds. The van der Waals surface area contributed by atoms with Crippen LogP contribution in [0.15, 0.2) is 18.2 Å². The van der Waals surface area contributed by atoms with E-state index in [1.165, 1.54) is 12.1 Å². The van der Waals surface area contributed by atoms with E-state index < -0.39 is 0 Å². The summed E-state index contributed by atoms with van der Waals surface area (Å²) in [6, 6.07) is 4.53. The van der Waals surface area contributed by atoms with Gasteiger partial charge in [-0.15, -0.1) is 0 Å². The van der Waals surface area contributed by atoms with Crippen LogP contribution in [0, 0.1) is 11.7 Å². The minimum atomic E-state index is -0.298. The van der Waals surface area contributed by atoms with Crippen LogP contribution in [0.1, 0.15) is 19.4 Å². The Morgan fingerprint density at radius 2 is 2.12 bits per heavy atom. The molecule has 0 aromatic heterocycles. The number of nitrogens with zero attached hydrogens (tertiary/aromatic N) is 1. The Morgan fingerprint density at radius 1 is 1.41 bits per heavy atom. The zero-order chi connectivity index (χ0) is 12.8. The molecule has 0 saturated carbocycles. The average Bonchev–Trinajstić information content (AvgIpc) is 2.21. The lowest BCUT2D eigenvalue weighted by Gasteiger charge is -2.24. The van der Waals surface area contributed by atoms with E-state index in [9.17, 15) is 4.39 Å². The van der Waals surface area contributed by atoms with Gasteiger partial charge in [0.15, 0.2) is 0 Å². The maximum atomic E-state index is 12.9. The van der Waals surface area contributed by atoms with E-state index in [1.54, 1.807) is 6.07 Å². The molecule has 1 rings (SSSR count). The summed E-state index contributed by atoms with van der Waals surface area (Å²) in [6.45, 7) is 7.45. The fourth-order valence-electron chi connectivity index (χ4n) is 1.82. The van der Waals surface area contributed by atoms with Crippen molar-refractivity contribution >= 4 is 11.6 Å². The smallest absolute Gasteiger partial charge is 0.124 e. The number of benzene rings is 1. The van der Waals surface area contributed by atoms with Crippen LogP contribution < -0.4 is 5.73 Å². The van der Waals surface area contributed by atoms with Crippen molar-refractivity contribution in [3.05, 3.63) is 34.6 Å². The Hall–Kier alpha value is -0.640. The van der Waals surface area contributed by atoms with Gasteiger partial charge in [-0.3, -0.25) is 4.90 Å². The summed E-state index contributed by atoms with van der Waals surface area (Å²) in [5.74, 6) is 0.272. The van der Waals surface area contributed by atoms with Crippen molar-refractivity contribution in [2.24, 2.45) is 11.7 Å². The highest BCUT2D eigenvalue weighted by atomic mass is 35.5. The third kappa shape index (κ3) is 5.02. The quantitative estimate of drug-likeness (QED) is 0.850. The third-order valence-electron chi connectivity index (χ3n) is 2.48. The standard InChI is InChI=1S/C13H20ClFN2/c1-10(2)8-17(6-5-16)9-11-3-4-12(15)7-13(11)14/h3-4,7,10H,5-6,8-9,16H2,1-2H3. The van der Waals surface area contributed by atoms with Gasteiger partial charge in [0, 0.05) is 31.2 Å². The largest absolute Gasteiger partial charge is 0.329 e. The van der Waals surface area contributed by atoms with Crippen molar-refractivity contribution in [3.63, 3.8) is 0 Å². The van der Waals surface area contributed by atoms with Gasteiger partial charge in [-0.2, -0.15) is 0 Å². The first-order chi connectivity index (χ1) is 8.02. The molecule has 17 heavy (non-hydrogen) atoms. The third-order valence-corrected chi connectivity index (χ3v) is 2.83. The summed E-state index contributed by atoms with van der Waals surface area (Å²) in [5, 5.41) is 0.482. The van der Waals surface area contributed by atoms with Crippen LogP contribution >= 0.6 is 11.6 Å². The van der Waals surface area contributed by atoms with Gasteiger partial charge in [0.05, 0.1) is 0 Å². The van der Waals surface area contributed by atoms with Gasteiger partial charge in [0.1, 0.15) is 5.82 Å². The predicted molar refractivity (Wildman–Crippen MR) is 70.6 cm³/mol. The second kappa shape index (κ2) is 6.94. The molecule has 1 aromatic rings. The summed E-state index contributed by atoms with van der Waals surface area (Å²) < 4.78 is 12.9. The Morgan fingerprint density at radius 3 is 2.65 bits per heavy atom. The molecule has 2 nitrogen and oxygen atoms in total. The van der Waals surface area contributed by atoms with Gasteiger partial charge in [-0.1, -0.05) is 31.5 Å². The Bertz CT molecular complexity index is 355. The van der Waals surface area contributed by atoms with Crippen LogP contribution in [0.3, 0.4) is 0 Å². The van der Waals surface area contributed by atoms with Gasteiger partial charge in [0.25, 0.3) is 0 Å². The fraction of sp³-hybridized carbons (Fsp3) is 0.538. The molecular weight excluding hydrogens is 239 g/mol.